The first-order chi connectivity index (χ1) is 11.1. The highest BCUT2D eigenvalue weighted by Crippen LogP contribution is 2.41. The first kappa shape index (κ1) is 18.2. The molecule has 3 unspecified atom stereocenters. The molecule has 0 heterocycles. The Balaban J connectivity index is 2.47. The molecule has 5 heteroatoms. The van der Waals surface area contributed by atoms with Crippen LogP contribution in [0.15, 0.2) is 45.9 Å². The zero-order chi connectivity index (χ0) is 18.2. The summed E-state index contributed by atoms with van der Waals surface area (Å²) in [4.78, 5) is 24.3. The smallest absolute Gasteiger partial charge is 0.192 e. The van der Waals surface area contributed by atoms with E-state index in [0.717, 1.165) is 0 Å². The van der Waals surface area contributed by atoms with Crippen LogP contribution in [0.1, 0.15) is 40.5 Å². The molecule has 0 saturated heterocycles. The van der Waals surface area contributed by atoms with E-state index in [0.29, 0.717) is 35.3 Å². The van der Waals surface area contributed by atoms with Gasteiger partial charge in [-0.15, -0.1) is 0 Å². The molecule has 0 fully saturated rings. The third-order valence-electron chi connectivity index (χ3n) is 4.90. The van der Waals surface area contributed by atoms with Crippen LogP contribution in [0.3, 0.4) is 0 Å². The third kappa shape index (κ3) is 3.22. The predicted molar refractivity (Wildman–Crippen MR) is 92.0 cm³/mol. The quantitative estimate of drug-likeness (QED) is 0.687. The summed E-state index contributed by atoms with van der Waals surface area (Å²) < 4.78 is 0. The van der Waals surface area contributed by atoms with E-state index in [1.54, 1.807) is 32.9 Å². The van der Waals surface area contributed by atoms with Crippen molar-refractivity contribution >= 4 is 11.6 Å². The van der Waals surface area contributed by atoms with Crippen molar-refractivity contribution in [3.63, 3.8) is 0 Å². The lowest BCUT2D eigenvalue weighted by Crippen LogP contribution is -2.33. The zero-order valence-electron chi connectivity index (χ0n) is 14.6. The van der Waals surface area contributed by atoms with Crippen LogP contribution in [0.5, 0.6) is 0 Å². The molecule has 0 bridgehead atoms. The van der Waals surface area contributed by atoms with E-state index in [4.69, 9.17) is 5.73 Å². The summed E-state index contributed by atoms with van der Waals surface area (Å²) in [5, 5.41) is 20.9. The van der Waals surface area contributed by atoms with Gasteiger partial charge in [-0.3, -0.25) is 9.59 Å². The Labute approximate surface area is 142 Å². The molecule has 5 nitrogen and oxygen atoms in total. The number of rotatable bonds is 4. The number of aliphatic hydroxyl groups excluding tert-OH is 2. The average Bonchev–Trinajstić information content (AvgIpc) is 2.53. The molecule has 4 N–H and O–H groups in total. The van der Waals surface area contributed by atoms with Crippen molar-refractivity contribution in [2.75, 3.05) is 0 Å². The maximum Gasteiger partial charge on any atom is 0.192 e. The van der Waals surface area contributed by atoms with Gasteiger partial charge in [0.25, 0.3) is 0 Å². The molecule has 0 aromatic heterocycles. The fourth-order valence-electron chi connectivity index (χ4n) is 3.16. The fraction of sp³-hybridized carbons (Fsp3) is 0.474. The highest BCUT2D eigenvalue weighted by molar-refractivity contribution is 6.12. The molecule has 0 aromatic rings. The first-order valence-corrected chi connectivity index (χ1v) is 8.16. The number of hydrogen-bond donors (Lipinski definition) is 3. The summed E-state index contributed by atoms with van der Waals surface area (Å²) in [5.41, 5.74) is 8.54. The van der Waals surface area contributed by atoms with Crippen LogP contribution in [0, 0.1) is 11.8 Å². The second-order valence-electron chi connectivity index (χ2n) is 6.74. The topological polar surface area (TPSA) is 101 Å². The summed E-state index contributed by atoms with van der Waals surface area (Å²) in [6.07, 6.45) is 3.39. The molecule has 24 heavy (non-hydrogen) atoms. The minimum Gasteiger partial charge on any atom is -0.511 e. The molecule has 2 aliphatic rings. The number of carbonyl (C=O) groups is 2. The Kier molecular flexibility index (Phi) is 5.13. The summed E-state index contributed by atoms with van der Waals surface area (Å²) in [5.74, 6) is -1.35. The Morgan fingerprint density at radius 2 is 2.00 bits per heavy atom. The molecule has 130 valence electrons. The highest BCUT2D eigenvalue weighted by Gasteiger charge is 2.37. The van der Waals surface area contributed by atoms with E-state index in [-0.39, 0.29) is 28.8 Å². The standard InChI is InChI=1S/C19H25NO4/c1-9(12(4)21)7-10(2)17(22)16-14-6-5-13(20)8-15(14)18(23)11(3)19(16)24/h5,7,9,11,18,23-24H,6,8,20H2,1-4H3. The van der Waals surface area contributed by atoms with Crippen molar-refractivity contribution in [3.05, 3.63) is 45.9 Å². The Hall–Kier alpha value is -2.14. The molecule has 0 saturated carbocycles. The lowest BCUT2D eigenvalue weighted by atomic mass is 9.74. The van der Waals surface area contributed by atoms with Crippen molar-refractivity contribution in [3.8, 4) is 0 Å². The van der Waals surface area contributed by atoms with Crippen LogP contribution < -0.4 is 5.73 Å². The summed E-state index contributed by atoms with van der Waals surface area (Å²) in [6, 6.07) is 0. The molecule has 0 radical (unpaired) electrons. The van der Waals surface area contributed by atoms with Crippen molar-refractivity contribution in [1.29, 1.82) is 0 Å². The minimum atomic E-state index is -0.843. The van der Waals surface area contributed by atoms with Crippen LogP contribution in [-0.2, 0) is 9.59 Å². The van der Waals surface area contributed by atoms with E-state index < -0.39 is 12.0 Å². The van der Waals surface area contributed by atoms with Gasteiger partial charge < -0.3 is 15.9 Å². The molecule has 0 aliphatic heterocycles. The number of aliphatic hydroxyl groups is 2. The van der Waals surface area contributed by atoms with Gasteiger partial charge in [0, 0.05) is 24.0 Å². The maximum atomic E-state index is 12.9. The molecule has 0 aromatic carbocycles. The van der Waals surface area contributed by atoms with Gasteiger partial charge in [0.05, 0.1) is 11.7 Å². The lowest BCUT2D eigenvalue weighted by molar-refractivity contribution is -0.118. The van der Waals surface area contributed by atoms with Crippen molar-refractivity contribution in [1.82, 2.24) is 0 Å². The Bertz CT molecular complexity index is 709. The third-order valence-corrected chi connectivity index (χ3v) is 4.90. The Morgan fingerprint density at radius 3 is 2.58 bits per heavy atom. The fourth-order valence-corrected chi connectivity index (χ4v) is 3.16. The predicted octanol–water partition coefficient (Wildman–Crippen LogP) is 2.48. The van der Waals surface area contributed by atoms with Gasteiger partial charge >= 0.3 is 0 Å². The largest absolute Gasteiger partial charge is 0.511 e. The molecule has 0 spiro atoms. The van der Waals surface area contributed by atoms with E-state index in [9.17, 15) is 19.8 Å². The first-order valence-electron chi connectivity index (χ1n) is 8.16. The van der Waals surface area contributed by atoms with Crippen molar-refractivity contribution < 1.29 is 19.8 Å². The summed E-state index contributed by atoms with van der Waals surface area (Å²) >= 11 is 0. The number of allylic oxidation sites excluding steroid dienone is 6. The lowest BCUT2D eigenvalue weighted by Gasteiger charge is -2.33. The molecule has 2 rings (SSSR count). The van der Waals surface area contributed by atoms with Crippen LogP contribution >= 0.6 is 0 Å². The van der Waals surface area contributed by atoms with Crippen LogP contribution in [-0.4, -0.2) is 27.9 Å². The number of hydrogen-bond acceptors (Lipinski definition) is 5. The van der Waals surface area contributed by atoms with E-state index in [1.807, 2.05) is 0 Å². The number of nitrogens with two attached hydrogens (primary N) is 1. The molecule has 2 aliphatic carbocycles. The van der Waals surface area contributed by atoms with Gasteiger partial charge in [-0.2, -0.15) is 0 Å². The second kappa shape index (κ2) is 6.77. The zero-order valence-corrected chi connectivity index (χ0v) is 14.6. The van der Waals surface area contributed by atoms with Gasteiger partial charge in [-0.05, 0) is 37.0 Å². The van der Waals surface area contributed by atoms with Gasteiger partial charge in [0.15, 0.2) is 5.78 Å². The molecular formula is C19H25NO4. The Morgan fingerprint density at radius 1 is 1.38 bits per heavy atom. The van der Waals surface area contributed by atoms with Gasteiger partial charge in [-0.25, -0.2) is 0 Å². The van der Waals surface area contributed by atoms with E-state index in [2.05, 4.69) is 0 Å². The molecule has 0 amide bonds. The minimum absolute atomic E-state index is 0.0268. The van der Waals surface area contributed by atoms with E-state index >= 15 is 0 Å². The van der Waals surface area contributed by atoms with Crippen molar-refractivity contribution in [2.24, 2.45) is 17.6 Å². The average molecular weight is 331 g/mol. The maximum absolute atomic E-state index is 12.9. The number of Topliss-reactive ketones (excluding diaryl/α,β-unsaturated/α-hetero) is 2. The number of ketones is 2. The van der Waals surface area contributed by atoms with Gasteiger partial charge in [-0.1, -0.05) is 26.0 Å². The normalized spacial score (nSPS) is 26.0. The molecular weight excluding hydrogens is 306 g/mol. The second-order valence-corrected chi connectivity index (χ2v) is 6.74. The van der Waals surface area contributed by atoms with Crippen LogP contribution in [0.25, 0.3) is 0 Å². The SMILES string of the molecule is CC(=O)C(C)C=C(C)C(=O)C1=C(O)C(C)C(O)C2=C1CC=C(N)C2. The van der Waals surface area contributed by atoms with Gasteiger partial charge in [0.2, 0.25) is 0 Å². The van der Waals surface area contributed by atoms with Crippen molar-refractivity contribution in [2.45, 2.75) is 46.6 Å². The highest BCUT2D eigenvalue weighted by atomic mass is 16.3. The van der Waals surface area contributed by atoms with E-state index in [1.165, 1.54) is 6.92 Å². The summed E-state index contributed by atoms with van der Waals surface area (Å²) in [6.45, 7) is 6.53. The van der Waals surface area contributed by atoms with Crippen LogP contribution in [0.4, 0.5) is 0 Å². The number of carbonyl (C=O) groups excluding carboxylic acids is 2. The monoisotopic (exact) mass is 331 g/mol. The van der Waals surface area contributed by atoms with Crippen LogP contribution in [0.2, 0.25) is 0 Å². The summed E-state index contributed by atoms with van der Waals surface area (Å²) in [7, 11) is 0. The molecule has 3 atom stereocenters. The van der Waals surface area contributed by atoms with Gasteiger partial charge in [0.1, 0.15) is 11.5 Å².